The number of amides is 3. The van der Waals surface area contributed by atoms with Gasteiger partial charge < -0.3 is 50.2 Å². The fourth-order valence-electron chi connectivity index (χ4n) is 6.62. The molecule has 1 aliphatic heterocycles. The number of aliphatic hydroxyl groups is 1. The van der Waals surface area contributed by atoms with Crippen LogP contribution in [-0.2, 0) is 5.41 Å². The van der Waals surface area contributed by atoms with Gasteiger partial charge in [-0.25, -0.2) is 9.78 Å². The molecule has 3 amide bonds. The Kier molecular flexibility index (Phi) is 13.3. The van der Waals surface area contributed by atoms with Crippen molar-refractivity contribution in [1.29, 1.82) is 0 Å². The van der Waals surface area contributed by atoms with E-state index >= 15 is 0 Å². The monoisotopic (exact) mass is 793 g/mol. The molecule has 4 aromatic carbocycles. The first-order chi connectivity index (χ1) is 27.4. The van der Waals surface area contributed by atoms with E-state index in [0.29, 0.717) is 64.5 Å². The molecule has 0 unspecified atom stereocenters. The van der Waals surface area contributed by atoms with Crippen molar-refractivity contribution < 1.29 is 28.9 Å². The fourth-order valence-corrected chi connectivity index (χ4v) is 6.99. The lowest BCUT2D eigenvalue weighted by atomic mass is 9.86. The molecule has 57 heavy (non-hydrogen) atoms. The molecule has 13 nitrogen and oxygen atoms in total. The number of nitrogens with zero attached hydrogens (tertiary/aromatic N) is 2. The molecule has 14 heteroatoms. The topological polar surface area (TPSA) is 158 Å². The van der Waals surface area contributed by atoms with Crippen molar-refractivity contribution in [2.45, 2.75) is 45.1 Å². The number of ether oxygens (including phenoxy) is 3. The van der Waals surface area contributed by atoms with Gasteiger partial charge in [0.25, 0.3) is 5.91 Å². The molecule has 5 aromatic rings. The number of piperidine rings is 1. The molecule has 2 heterocycles. The SMILES string of the molecule is COc1cc(Nc2cc(Oc3ccc(NC(=O)Nc4cc(C(C)(C)C)cc(NSC)c4OC)c4ccccc34)ccn2)cc(C(=O)NCCN2CCC(O)CC2)c1. The smallest absolute Gasteiger partial charge is 0.323 e. The van der Waals surface area contributed by atoms with E-state index in [1.54, 1.807) is 56.8 Å². The Morgan fingerprint density at radius 1 is 0.877 bits per heavy atom. The lowest BCUT2D eigenvalue weighted by Gasteiger charge is -2.29. The maximum absolute atomic E-state index is 13.5. The number of benzene rings is 4. The number of hydrogen-bond donors (Lipinski definition) is 6. The van der Waals surface area contributed by atoms with E-state index in [4.69, 9.17) is 14.2 Å². The number of likely N-dealkylation sites (tertiary alicyclic amines) is 1. The molecule has 0 aliphatic carbocycles. The van der Waals surface area contributed by atoms with E-state index in [-0.39, 0.29) is 17.4 Å². The molecule has 0 spiro atoms. The maximum Gasteiger partial charge on any atom is 0.323 e. The number of carbonyl (C=O) groups is 2. The van der Waals surface area contributed by atoms with Crippen molar-refractivity contribution in [1.82, 2.24) is 15.2 Å². The third-order valence-corrected chi connectivity index (χ3v) is 10.1. The minimum atomic E-state index is -0.421. The number of urea groups is 1. The Morgan fingerprint density at radius 2 is 1.61 bits per heavy atom. The van der Waals surface area contributed by atoms with Crippen LogP contribution in [0.3, 0.4) is 0 Å². The Bertz CT molecular complexity index is 2200. The van der Waals surface area contributed by atoms with Crippen LogP contribution in [0.4, 0.5) is 33.4 Å². The summed E-state index contributed by atoms with van der Waals surface area (Å²) in [4.78, 5) is 33.4. The average molecular weight is 794 g/mol. The molecule has 6 rings (SSSR count). The third kappa shape index (κ3) is 10.6. The highest BCUT2D eigenvalue weighted by atomic mass is 32.2. The second kappa shape index (κ2) is 18.5. The molecule has 1 aliphatic rings. The predicted molar refractivity (Wildman–Crippen MR) is 230 cm³/mol. The van der Waals surface area contributed by atoms with Gasteiger partial charge in [0, 0.05) is 72.8 Å². The molecule has 0 radical (unpaired) electrons. The summed E-state index contributed by atoms with van der Waals surface area (Å²) in [6, 6.07) is 23.6. The van der Waals surface area contributed by atoms with Gasteiger partial charge in [-0.2, -0.15) is 0 Å². The second-order valence-corrected chi connectivity index (χ2v) is 15.4. The first-order valence-electron chi connectivity index (χ1n) is 18.8. The number of methoxy groups -OCH3 is 2. The van der Waals surface area contributed by atoms with Gasteiger partial charge >= 0.3 is 6.03 Å². The van der Waals surface area contributed by atoms with Gasteiger partial charge in [-0.1, -0.05) is 57.0 Å². The number of aromatic nitrogens is 1. The number of rotatable bonds is 14. The molecule has 0 bridgehead atoms. The number of nitrogens with one attached hydrogen (secondary N) is 5. The fraction of sp³-hybridized carbons (Fsp3) is 0.326. The van der Waals surface area contributed by atoms with Gasteiger partial charge in [0.1, 0.15) is 23.1 Å². The zero-order chi connectivity index (χ0) is 40.5. The summed E-state index contributed by atoms with van der Waals surface area (Å²) in [6.07, 6.45) is 4.84. The number of pyridine rings is 1. The molecule has 0 saturated carbocycles. The summed E-state index contributed by atoms with van der Waals surface area (Å²) in [6.45, 7) is 9.20. The number of fused-ring (bicyclic) bond motifs is 1. The van der Waals surface area contributed by atoms with E-state index in [1.165, 1.54) is 11.9 Å². The predicted octanol–water partition coefficient (Wildman–Crippen LogP) is 8.61. The number of anilines is 5. The summed E-state index contributed by atoms with van der Waals surface area (Å²) < 4.78 is 20.9. The molecule has 6 N–H and O–H groups in total. The molecule has 1 fully saturated rings. The lowest BCUT2D eigenvalue weighted by molar-refractivity contribution is 0.0804. The Balaban J connectivity index is 1.15. The Labute approximate surface area is 338 Å². The van der Waals surface area contributed by atoms with Crippen LogP contribution in [0.5, 0.6) is 23.0 Å². The summed E-state index contributed by atoms with van der Waals surface area (Å²) in [5, 5.41) is 23.6. The highest BCUT2D eigenvalue weighted by Crippen LogP contribution is 2.40. The van der Waals surface area contributed by atoms with Crippen LogP contribution >= 0.6 is 11.9 Å². The summed E-state index contributed by atoms with van der Waals surface area (Å²) in [5.74, 6) is 2.46. The van der Waals surface area contributed by atoms with Gasteiger partial charge in [0.05, 0.1) is 37.4 Å². The number of aliphatic hydroxyl groups excluding tert-OH is 1. The zero-order valence-electron chi connectivity index (χ0n) is 33.2. The van der Waals surface area contributed by atoms with Crippen molar-refractivity contribution in [2.75, 3.05) is 67.3 Å². The first-order valence-corrected chi connectivity index (χ1v) is 20.1. The molecular weight excluding hydrogens is 743 g/mol. The summed E-state index contributed by atoms with van der Waals surface area (Å²) >= 11 is 1.45. The van der Waals surface area contributed by atoms with Crippen LogP contribution in [0.25, 0.3) is 10.8 Å². The highest BCUT2D eigenvalue weighted by molar-refractivity contribution is 7.99. The van der Waals surface area contributed by atoms with Gasteiger partial charge in [-0.3, -0.25) is 4.79 Å². The number of hydrogen-bond acceptors (Lipinski definition) is 11. The molecule has 1 aromatic heterocycles. The van der Waals surface area contributed by atoms with Crippen molar-refractivity contribution in [3.8, 4) is 23.0 Å². The average Bonchev–Trinajstić information content (AvgIpc) is 3.19. The van der Waals surface area contributed by atoms with E-state index in [1.807, 2.05) is 48.7 Å². The van der Waals surface area contributed by atoms with Crippen molar-refractivity contribution >= 4 is 63.2 Å². The van der Waals surface area contributed by atoms with Gasteiger partial charge in [-0.15, -0.1) is 0 Å². The van der Waals surface area contributed by atoms with Crippen LogP contribution in [0.1, 0.15) is 49.5 Å². The van der Waals surface area contributed by atoms with Gasteiger partial charge in [0.2, 0.25) is 0 Å². The van der Waals surface area contributed by atoms with E-state index in [9.17, 15) is 14.7 Å². The van der Waals surface area contributed by atoms with E-state index in [2.05, 4.69) is 56.6 Å². The van der Waals surface area contributed by atoms with Crippen LogP contribution < -0.4 is 40.2 Å². The third-order valence-electron chi connectivity index (χ3n) is 9.66. The first kappa shape index (κ1) is 40.9. The van der Waals surface area contributed by atoms with Crippen molar-refractivity contribution in [2.24, 2.45) is 0 Å². The molecule has 300 valence electrons. The Hall–Kier alpha value is -5.70. The molecule has 0 atom stereocenters. The zero-order valence-corrected chi connectivity index (χ0v) is 34.0. The van der Waals surface area contributed by atoms with Crippen LogP contribution in [0, 0.1) is 0 Å². The van der Waals surface area contributed by atoms with Crippen LogP contribution in [0.2, 0.25) is 0 Å². The van der Waals surface area contributed by atoms with Crippen LogP contribution in [0.15, 0.2) is 85.1 Å². The minimum absolute atomic E-state index is 0.164. The summed E-state index contributed by atoms with van der Waals surface area (Å²) in [5.41, 5.74) is 3.86. The maximum atomic E-state index is 13.5. The minimum Gasteiger partial charge on any atom is -0.497 e. The second-order valence-electron chi connectivity index (χ2n) is 14.8. The number of carbonyl (C=O) groups excluding carboxylic acids is 2. The van der Waals surface area contributed by atoms with Gasteiger partial charge in [0.15, 0.2) is 5.75 Å². The standard InChI is InChI=1S/C43H51N7O6S/c1-43(2,3)28-23-36(40(55-5)37(24-28)49-57-6)48-42(53)47-35-11-12-38(34-10-8-7-9-33(34)35)56-31-13-16-44-39(26-31)46-29-21-27(22-32(25-29)54-4)41(52)45-17-20-50-18-14-30(51)15-19-50/h7-13,16,21-26,30,49,51H,14-15,17-20H2,1-6H3,(H,44,46)(H,45,52)(H2,47,48,53). The van der Waals surface area contributed by atoms with E-state index < -0.39 is 6.03 Å². The van der Waals surface area contributed by atoms with Crippen molar-refractivity contribution in [3.05, 3.63) is 96.2 Å². The highest BCUT2D eigenvalue weighted by Gasteiger charge is 2.22. The van der Waals surface area contributed by atoms with Crippen LogP contribution in [-0.4, -0.2) is 79.7 Å². The molecule has 1 saturated heterocycles. The van der Waals surface area contributed by atoms with Gasteiger partial charge in [-0.05, 0) is 66.3 Å². The van der Waals surface area contributed by atoms with Crippen molar-refractivity contribution in [3.63, 3.8) is 0 Å². The lowest BCUT2D eigenvalue weighted by Crippen LogP contribution is -2.40. The van der Waals surface area contributed by atoms with E-state index in [0.717, 1.165) is 48.0 Å². The largest absolute Gasteiger partial charge is 0.497 e. The quantitative estimate of drug-likeness (QED) is 0.0598. The Morgan fingerprint density at radius 3 is 2.33 bits per heavy atom. The molecular formula is C43H51N7O6S. The summed E-state index contributed by atoms with van der Waals surface area (Å²) in [7, 11) is 3.14. The normalized spacial score (nSPS) is 13.5.